The monoisotopic (exact) mass is 398 g/mol. The molecule has 1 saturated heterocycles. The second-order valence-electron chi connectivity index (χ2n) is 9.19. The number of para-hydroxylation sites is 1. The van der Waals surface area contributed by atoms with Crippen molar-refractivity contribution in [2.24, 2.45) is 0 Å². The first kappa shape index (κ1) is 18.0. The summed E-state index contributed by atoms with van der Waals surface area (Å²) in [5.74, 6) is 0.981. The Hall–Kier alpha value is -2.82. The molecule has 30 heavy (non-hydrogen) atoms. The molecule has 4 nitrogen and oxygen atoms in total. The molecular weight excluding hydrogens is 372 g/mol. The van der Waals surface area contributed by atoms with Crippen molar-refractivity contribution < 1.29 is 9.47 Å². The summed E-state index contributed by atoms with van der Waals surface area (Å²) in [5.41, 5.74) is 6.59. The highest BCUT2D eigenvalue weighted by Crippen LogP contribution is 2.50. The summed E-state index contributed by atoms with van der Waals surface area (Å²) in [7, 11) is 0. The number of benzene rings is 3. The standard InChI is InChI=1S/C26H26N2O2/c1-25(2)17-26(13-14-29-25)28-23(21-9-5-6-10-24(21)30-26)16-22(27-28)20-12-11-18-7-3-4-8-19(18)15-20/h3-12,15-16,23,27H,13-14,17H2,1-2H3/t23-,26+/m1/s1. The predicted octanol–water partition coefficient (Wildman–Crippen LogP) is 5.42. The average Bonchev–Trinajstić information content (AvgIpc) is 3.20. The summed E-state index contributed by atoms with van der Waals surface area (Å²) in [6.07, 6.45) is 3.97. The molecule has 0 saturated carbocycles. The highest BCUT2D eigenvalue weighted by molar-refractivity contribution is 5.86. The first-order chi connectivity index (χ1) is 14.5. The van der Waals surface area contributed by atoms with Gasteiger partial charge in [-0.15, -0.1) is 0 Å². The number of rotatable bonds is 1. The molecule has 6 rings (SSSR count). The normalized spacial score (nSPS) is 27.1. The van der Waals surface area contributed by atoms with E-state index in [1.807, 2.05) is 0 Å². The van der Waals surface area contributed by atoms with Crippen molar-refractivity contribution in [1.82, 2.24) is 10.4 Å². The minimum Gasteiger partial charge on any atom is -0.470 e. The molecule has 0 amide bonds. The molecule has 2 atom stereocenters. The lowest BCUT2D eigenvalue weighted by molar-refractivity contribution is -0.218. The molecule has 0 bridgehead atoms. The van der Waals surface area contributed by atoms with Crippen molar-refractivity contribution in [2.45, 2.75) is 44.1 Å². The topological polar surface area (TPSA) is 33.7 Å². The molecule has 0 aromatic heterocycles. The summed E-state index contributed by atoms with van der Waals surface area (Å²) in [4.78, 5) is 0. The molecule has 152 valence electrons. The Kier molecular flexibility index (Phi) is 3.80. The van der Waals surface area contributed by atoms with Crippen LogP contribution in [0.5, 0.6) is 5.75 Å². The number of hydrogen-bond donors (Lipinski definition) is 1. The van der Waals surface area contributed by atoms with Crippen LogP contribution in [0.1, 0.15) is 43.9 Å². The van der Waals surface area contributed by atoms with Crippen molar-refractivity contribution >= 4 is 16.5 Å². The van der Waals surface area contributed by atoms with Gasteiger partial charge in [0, 0.05) is 18.4 Å². The lowest BCUT2D eigenvalue weighted by atomic mass is 9.87. The molecule has 0 aliphatic carbocycles. The molecule has 1 spiro atoms. The Bertz CT molecular complexity index is 1170. The Morgan fingerprint density at radius 2 is 1.77 bits per heavy atom. The maximum atomic E-state index is 6.71. The molecule has 0 unspecified atom stereocenters. The summed E-state index contributed by atoms with van der Waals surface area (Å²) in [6.45, 7) is 4.99. The third-order valence-corrected chi connectivity index (χ3v) is 6.57. The van der Waals surface area contributed by atoms with Gasteiger partial charge in [0.2, 0.25) is 0 Å². The quantitative estimate of drug-likeness (QED) is 0.593. The van der Waals surface area contributed by atoms with E-state index < -0.39 is 5.72 Å². The fourth-order valence-electron chi connectivity index (χ4n) is 5.23. The summed E-state index contributed by atoms with van der Waals surface area (Å²) < 4.78 is 12.8. The van der Waals surface area contributed by atoms with Gasteiger partial charge in [-0.05, 0) is 48.4 Å². The lowest BCUT2D eigenvalue weighted by Crippen LogP contribution is -2.64. The molecule has 1 fully saturated rings. The van der Waals surface area contributed by atoms with E-state index in [4.69, 9.17) is 9.47 Å². The molecule has 3 aromatic rings. The van der Waals surface area contributed by atoms with Gasteiger partial charge in [-0.2, -0.15) is 5.01 Å². The van der Waals surface area contributed by atoms with E-state index in [1.165, 1.54) is 21.9 Å². The maximum Gasteiger partial charge on any atom is 0.185 e. The van der Waals surface area contributed by atoms with Crippen LogP contribution in [0, 0.1) is 0 Å². The minimum atomic E-state index is -0.435. The number of nitrogens with one attached hydrogen (secondary N) is 1. The molecular formula is C26H26N2O2. The molecule has 3 aliphatic rings. The number of ether oxygens (including phenoxy) is 2. The van der Waals surface area contributed by atoms with Crippen molar-refractivity contribution in [1.29, 1.82) is 0 Å². The largest absolute Gasteiger partial charge is 0.470 e. The molecule has 4 heteroatoms. The highest BCUT2D eigenvalue weighted by atomic mass is 16.5. The minimum absolute atomic E-state index is 0.130. The van der Waals surface area contributed by atoms with Gasteiger partial charge in [-0.3, -0.25) is 0 Å². The summed E-state index contributed by atoms with van der Waals surface area (Å²) in [6, 6.07) is 23.7. The van der Waals surface area contributed by atoms with E-state index in [2.05, 4.69) is 97.1 Å². The zero-order valence-electron chi connectivity index (χ0n) is 17.4. The zero-order chi connectivity index (χ0) is 20.3. The lowest BCUT2D eigenvalue weighted by Gasteiger charge is -2.53. The molecule has 3 aromatic carbocycles. The van der Waals surface area contributed by atoms with Crippen LogP contribution >= 0.6 is 0 Å². The van der Waals surface area contributed by atoms with Crippen LogP contribution in [0.25, 0.3) is 16.5 Å². The summed E-state index contributed by atoms with van der Waals surface area (Å²) in [5, 5.41) is 4.83. The van der Waals surface area contributed by atoms with Gasteiger partial charge in [0.25, 0.3) is 0 Å². The zero-order valence-corrected chi connectivity index (χ0v) is 17.4. The summed E-state index contributed by atoms with van der Waals surface area (Å²) >= 11 is 0. The number of nitrogens with zero attached hydrogens (tertiary/aromatic N) is 1. The van der Waals surface area contributed by atoms with E-state index in [1.54, 1.807) is 0 Å². The predicted molar refractivity (Wildman–Crippen MR) is 119 cm³/mol. The maximum absolute atomic E-state index is 6.71. The van der Waals surface area contributed by atoms with Crippen LogP contribution in [0.15, 0.2) is 72.8 Å². The van der Waals surface area contributed by atoms with E-state index in [9.17, 15) is 0 Å². The fourth-order valence-corrected chi connectivity index (χ4v) is 5.23. The van der Waals surface area contributed by atoms with Crippen molar-refractivity contribution in [3.8, 4) is 5.75 Å². The van der Waals surface area contributed by atoms with Crippen LogP contribution in [-0.2, 0) is 4.74 Å². The molecule has 1 N–H and O–H groups in total. The van der Waals surface area contributed by atoms with E-state index in [-0.39, 0.29) is 11.6 Å². The Labute approximate surface area is 177 Å². The molecule has 3 heterocycles. The van der Waals surface area contributed by atoms with Gasteiger partial charge >= 0.3 is 0 Å². The smallest absolute Gasteiger partial charge is 0.185 e. The van der Waals surface area contributed by atoms with Crippen LogP contribution in [0.3, 0.4) is 0 Å². The second-order valence-corrected chi connectivity index (χ2v) is 9.19. The second kappa shape index (κ2) is 6.34. The Balaban J connectivity index is 1.45. The van der Waals surface area contributed by atoms with E-state index >= 15 is 0 Å². The third-order valence-electron chi connectivity index (χ3n) is 6.57. The van der Waals surface area contributed by atoms with Crippen LogP contribution in [0.2, 0.25) is 0 Å². The number of hydrazine groups is 1. The van der Waals surface area contributed by atoms with Crippen molar-refractivity contribution in [3.63, 3.8) is 0 Å². The van der Waals surface area contributed by atoms with Crippen LogP contribution in [0.4, 0.5) is 0 Å². The van der Waals surface area contributed by atoms with E-state index in [0.29, 0.717) is 6.61 Å². The van der Waals surface area contributed by atoms with Gasteiger partial charge in [-0.1, -0.05) is 54.6 Å². The Morgan fingerprint density at radius 3 is 2.63 bits per heavy atom. The van der Waals surface area contributed by atoms with Gasteiger partial charge < -0.3 is 14.9 Å². The van der Waals surface area contributed by atoms with Crippen LogP contribution in [-0.4, -0.2) is 22.9 Å². The van der Waals surface area contributed by atoms with E-state index in [0.717, 1.165) is 24.3 Å². The SMILES string of the molecule is CC1(C)C[C@]2(CCO1)Oc1ccccc1[C@H]1C=C(c3ccc4ccccc4c3)NN12. The first-order valence-corrected chi connectivity index (χ1v) is 10.7. The Morgan fingerprint density at radius 1 is 0.967 bits per heavy atom. The third kappa shape index (κ3) is 2.75. The highest BCUT2D eigenvalue weighted by Gasteiger charge is 2.54. The van der Waals surface area contributed by atoms with Gasteiger partial charge in [0.05, 0.1) is 23.9 Å². The fraction of sp³-hybridized carbons (Fsp3) is 0.308. The molecule has 3 aliphatic heterocycles. The van der Waals surface area contributed by atoms with Gasteiger partial charge in [-0.25, -0.2) is 0 Å². The molecule has 0 radical (unpaired) electrons. The average molecular weight is 399 g/mol. The van der Waals surface area contributed by atoms with Gasteiger partial charge in [0.15, 0.2) is 5.72 Å². The van der Waals surface area contributed by atoms with Gasteiger partial charge in [0.1, 0.15) is 5.75 Å². The number of fused-ring (bicyclic) bond motifs is 5. The van der Waals surface area contributed by atoms with Crippen molar-refractivity contribution in [3.05, 3.63) is 83.9 Å². The van der Waals surface area contributed by atoms with Crippen molar-refractivity contribution in [2.75, 3.05) is 6.61 Å². The first-order valence-electron chi connectivity index (χ1n) is 10.7. The number of hydrogen-bond acceptors (Lipinski definition) is 4. The van der Waals surface area contributed by atoms with Crippen LogP contribution < -0.4 is 10.2 Å².